The van der Waals surface area contributed by atoms with E-state index in [0.29, 0.717) is 30.0 Å². The number of hydrogen-bond acceptors (Lipinski definition) is 6. The van der Waals surface area contributed by atoms with Crippen molar-refractivity contribution in [2.24, 2.45) is 5.41 Å². The van der Waals surface area contributed by atoms with Crippen LogP contribution in [0.5, 0.6) is 6.01 Å². The standard InChI is InChI=1S/C14H25N5O/c1-5-20-13-17-11(15)16-12(18-13)19(4)10-6-8-14(2,3)9-7-10/h10H,5-9H2,1-4H3,(H2,15,16,17,18). The van der Waals surface area contributed by atoms with Gasteiger partial charge in [0.15, 0.2) is 0 Å². The van der Waals surface area contributed by atoms with Crippen LogP contribution in [0.3, 0.4) is 0 Å². The van der Waals surface area contributed by atoms with Gasteiger partial charge < -0.3 is 15.4 Å². The Bertz CT molecular complexity index is 453. The summed E-state index contributed by atoms with van der Waals surface area (Å²) in [5.74, 6) is 0.812. The van der Waals surface area contributed by atoms with E-state index in [9.17, 15) is 0 Å². The van der Waals surface area contributed by atoms with Crippen molar-refractivity contribution in [2.75, 3.05) is 24.3 Å². The Morgan fingerprint density at radius 3 is 2.50 bits per heavy atom. The summed E-state index contributed by atoms with van der Waals surface area (Å²) in [6.07, 6.45) is 4.75. The normalized spacial score (nSPS) is 18.8. The summed E-state index contributed by atoms with van der Waals surface area (Å²) in [5, 5.41) is 0. The summed E-state index contributed by atoms with van der Waals surface area (Å²) in [6.45, 7) is 7.07. The van der Waals surface area contributed by atoms with Gasteiger partial charge >= 0.3 is 6.01 Å². The number of nitrogen functional groups attached to an aromatic ring is 1. The Labute approximate surface area is 120 Å². The Kier molecular flexibility index (Phi) is 4.30. The molecule has 20 heavy (non-hydrogen) atoms. The first kappa shape index (κ1) is 14.8. The van der Waals surface area contributed by atoms with Crippen molar-refractivity contribution in [3.05, 3.63) is 0 Å². The molecule has 0 saturated heterocycles. The minimum absolute atomic E-state index is 0.210. The number of ether oxygens (including phenoxy) is 1. The van der Waals surface area contributed by atoms with Crippen LogP contribution in [0, 0.1) is 5.41 Å². The van der Waals surface area contributed by atoms with Gasteiger partial charge in [0.1, 0.15) is 0 Å². The fraction of sp³-hybridized carbons (Fsp3) is 0.786. The van der Waals surface area contributed by atoms with Crippen molar-refractivity contribution in [3.63, 3.8) is 0 Å². The number of aromatic nitrogens is 3. The summed E-state index contributed by atoms with van der Waals surface area (Å²) < 4.78 is 5.33. The van der Waals surface area contributed by atoms with E-state index in [2.05, 4.69) is 33.7 Å². The Balaban J connectivity index is 2.11. The van der Waals surface area contributed by atoms with Crippen LogP contribution in [0.2, 0.25) is 0 Å². The van der Waals surface area contributed by atoms with E-state index in [4.69, 9.17) is 10.5 Å². The third-order valence-electron chi connectivity index (χ3n) is 4.07. The van der Waals surface area contributed by atoms with E-state index in [0.717, 1.165) is 12.8 Å². The molecular weight excluding hydrogens is 254 g/mol. The quantitative estimate of drug-likeness (QED) is 0.911. The van der Waals surface area contributed by atoms with E-state index in [1.165, 1.54) is 12.8 Å². The van der Waals surface area contributed by atoms with E-state index in [-0.39, 0.29) is 5.95 Å². The average Bonchev–Trinajstić information content (AvgIpc) is 2.37. The smallest absolute Gasteiger partial charge is 0.323 e. The molecule has 6 nitrogen and oxygen atoms in total. The topological polar surface area (TPSA) is 77.2 Å². The average molecular weight is 279 g/mol. The second-order valence-corrected chi connectivity index (χ2v) is 6.22. The maximum absolute atomic E-state index is 5.73. The molecule has 112 valence electrons. The van der Waals surface area contributed by atoms with Crippen molar-refractivity contribution < 1.29 is 4.74 Å². The molecule has 1 aliphatic rings. The summed E-state index contributed by atoms with van der Waals surface area (Å²) in [5.41, 5.74) is 6.18. The summed E-state index contributed by atoms with van der Waals surface area (Å²) in [7, 11) is 2.02. The van der Waals surface area contributed by atoms with E-state index >= 15 is 0 Å². The van der Waals surface area contributed by atoms with Gasteiger partial charge in [0.05, 0.1) is 6.61 Å². The molecule has 0 spiro atoms. The first-order valence-corrected chi connectivity index (χ1v) is 7.28. The van der Waals surface area contributed by atoms with Crippen molar-refractivity contribution in [1.82, 2.24) is 15.0 Å². The third-order valence-corrected chi connectivity index (χ3v) is 4.07. The molecule has 1 saturated carbocycles. The molecule has 1 aliphatic carbocycles. The highest BCUT2D eigenvalue weighted by atomic mass is 16.5. The van der Waals surface area contributed by atoms with Crippen LogP contribution in [0.1, 0.15) is 46.5 Å². The zero-order chi connectivity index (χ0) is 14.8. The van der Waals surface area contributed by atoms with Gasteiger partial charge in [-0.05, 0) is 38.0 Å². The summed E-state index contributed by atoms with van der Waals surface area (Å²) in [6, 6.07) is 0.761. The molecule has 6 heteroatoms. The Morgan fingerprint density at radius 1 is 1.25 bits per heavy atom. The first-order valence-electron chi connectivity index (χ1n) is 7.28. The highest BCUT2D eigenvalue weighted by Crippen LogP contribution is 2.37. The number of rotatable bonds is 4. The molecule has 0 aromatic carbocycles. The van der Waals surface area contributed by atoms with Crippen LogP contribution in [0.4, 0.5) is 11.9 Å². The fourth-order valence-corrected chi connectivity index (χ4v) is 2.65. The predicted molar refractivity (Wildman–Crippen MR) is 79.8 cm³/mol. The van der Waals surface area contributed by atoms with Gasteiger partial charge in [0.2, 0.25) is 11.9 Å². The monoisotopic (exact) mass is 279 g/mol. The Hall–Kier alpha value is -1.59. The van der Waals surface area contributed by atoms with Crippen molar-refractivity contribution in [2.45, 2.75) is 52.5 Å². The highest BCUT2D eigenvalue weighted by molar-refractivity contribution is 5.36. The summed E-state index contributed by atoms with van der Waals surface area (Å²) in [4.78, 5) is 14.7. The van der Waals surface area contributed by atoms with E-state index in [1.54, 1.807) is 0 Å². The number of nitrogens with zero attached hydrogens (tertiary/aromatic N) is 4. The lowest BCUT2D eigenvalue weighted by Gasteiger charge is -2.38. The predicted octanol–water partition coefficient (Wildman–Crippen LogP) is 2.26. The molecule has 2 N–H and O–H groups in total. The van der Waals surface area contributed by atoms with Crippen LogP contribution in [0.25, 0.3) is 0 Å². The molecule has 1 heterocycles. The molecule has 2 rings (SSSR count). The molecule has 0 amide bonds. The van der Waals surface area contributed by atoms with Crippen LogP contribution in [-0.4, -0.2) is 34.6 Å². The number of hydrogen-bond donors (Lipinski definition) is 1. The van der Waals surface area contributed by atoms with Crippen LogP contribution >= 0.6 is 0 Å². The number of anilines is 2. The van der Waals surface area contributed by atoms with Crippen molar-refractivity contribution in [1.29, 1.82) is 0 Å². The molecule has 0 unspecified atom stereocenters. The lowest BCUT2D eigenvalue weighted by Crippen LogP contribution is -2.38. The lowest BCUT2D eigenvalue weighted by molar-refractivity contribution is 0.221. The molecule has 0 radical (unpaired) electrons. The molecule has 0 atom stereocenters. The third kappa shape index (κ3) is 3.49. The molecular formula is C14H25N5O. The zero-order valence-electron chi connectivity index (χ0n) is 12.9. The second kappa shape index (κ2) is 5.81. The fourth-order valence-electron chi connectivity index (χ4n) is 2.65. The largest absolute Gasteiger partial charge is 0.464 e. The molecule has 1 aromatic heterocycles. The first-order chi connectivity index (χ1) is 9.41. The van der Waals surface area contributed by atoms with Crippen LogP contribution in [-0.2, 0) is 0 Å². The lowest BCUT2D eigenvalue weighted by atomic mass is 9.75. The highest BCUT2D eigenvalue weighted by Gasteiger charge is 2.30. The van der Waals surface area contributed by atoms with Crippen molar-refractivity contribution >= 4 is 11.9 Å². The molecule has 1 fully saturated rings. The van der Waals surface area contributed by atoms with Crippen LogP contribution in [0.15, 0.2) is 0 Å². The zero-order valence-corrected chi connectivity index (χ0v) is 12.9. The molecule has 0 bridgehead atoms. The van der Waals surface area contributed by atoms with E-state index < -0.39 is 0 Å². The Morgan fingerprint density at radius 2 is 1.90 bits per heavy atom. The van der Waals surface area contributed by atoms with Gasteiger partial charge in [-0.1, -0.05) is 13.8 Å². The maximum atomic E-state index is 5.73. The maximum Gasteiger partial charge on any atom is 0.323 e. The molecule has 0 aliphatic heterocycles. The minimum atomic E-state index is 0.210. The van der Waals surface area contributed by atoms with Gasteiger partial charge in [0.25, 0.3) is 0 Å². The van der Waals surface area contributed by atoms with Gasteiger partial charge in [-0.2, -0.15) is 15.0 Å². The van der Waals surface area contributed by atoms with Gasteiger partial charge in [-0.15, -0.1) is 0 Å². The van der Waals surface area contributed by atoms with Crippen molar-refractivity contribution in [3.8, 4) is 6.01 Å². The second-order valence-electron chi connectivity index (χ2n) is 6.22. The molecule has 1 aromatic rings. The summed E-state index contributed by atoms with van der Waals surface area (Å²) >= 11 is 0. The number of nitrogens with two attached hydrogens (primary N) is 1. The SMILES string of the molecule is CCOc1nc(N)nc(N(C)C2CCC(C)(C)CC2)n1. The van der Waals surface area contributed by atoms with Gasteiger partial charge in [-0.25, -0.2) is 0 Å². The van der Waals surface area contributed by atoms with Gasteiger partial charge in [-0.3, -0.25) is 0 Å². The van der Waals surface area contributed by atoms with Crippen LogP contribution < -0.4 is 15.4 Å². The minimum Gasteiger partial charge on any atom is -0.464 e. The van der Waals surface area contributed by atoms with E-state index in [1.807, 2.05) is 14.0 Å². The van der Waals surface area contributed by atoms with Gasteiger partial charge in [0, 0.05) is 13.1 Å².